The lowest BCUT2D eigenvalue weighted by molar-refractivity contribution is -0.604. The Morgan fingerprint density at radius 1 is 1.03 bits per heavy atom. The van der Waals surface area contributed by atoms with Crippen LogP contribution in [0.2, 0.25) is 5.02 Å². The van der Waals surface area contributed by atoms with Gasteiger partial charge in [-0.25, -0.2) is 14.4 Å². The molecule has 0 aliphatic rings. The predicted molar refractivity (Wildman–Crippen MR) is 117 cm³/mol. The summed E-state index contributed by atoms with van der Waals surface area (Å²) in [4.78, 5) is 8.88. The molecule has 0 atom stereocenters. The normalized spacial score (nSPS) is 11.2. The van der Waals surface area contributed by atoms with Crippen LogP contribution in [0.3, 0.4) is 0 Å². The number of hydrogen-bond acceptors (Lipinski definition) is 4. The van der Waals surface area contributed by atoms with Crippen LogP contribution in [-0.4, -0.2) is 19.7 Å². The zero-order valence-electron chi connectivity index (χ0n) is 16.3. The van der Waals surface area contributed by atoms with Crippen LogP contribution in [0.1, 0.15) is 0 Å². The minimum atomic E-state index is -0.443. The molecule has 0 N–H and O–H groups in total. The summed E-state index contributed by atoms with van der Waals surface area (Å²) in [6.07, 6.45) is 8.10. The quantitative estimate of drug-likeness (QED) is 0.304. The van der Waals surface area contributed by atoms with Gasteiger partial charge in [-0.15, -0.1) is 0 Å². The number of nitrogens with zero attached hydrogens (tertiary/aromatic N) is 5. The lowest BCUT2D eigenvalue weighted by Gasteiger charge is -2.11. The van der Waals surface area contributed by atoms with Crippen LogP contribution in [0.25, 0.3) is 44.5 Å². The van der Waals surface area contributed by atoms with E-state index in [-0.39, 0.29) is 5.56 Å². The third-order valence-electron chi connectivity index (χ3n) is 4.98. The van der Waals surface area contributed by atoms with E-state index in [0.29, 0.717) is 33.1 Å². The second-order valence-corrected chi connectivity index (χ2v) is 7.57. The molecule has 0 saturated carbocycles. The van der Waals surface area contributed by atoms with Crippen molar-refractivity contribution in [2.75, 3.05) is 0 Å². The van der Waals surface area contributed by atoms with Gasteiger partial charge < -0.3 is 5.21 Å². The van der Waals surface area contributed by atoms with Gasteiger partial charge in [-0.05, 0) is 42.5 Å². The van der Waals surface area contributed by atoms with Crippen molar-refractivity contribution in [1.82, 2.24) is 19.7 Å². The molecular weight excluding hydrogens is 417 g/mol. The zero-order valence-corrected chi connectivity index (χ0v) is 17.1. The van der Waals surface area contributed by atoms with Crippen LogP contribution in [0.5, 0.6) is 0 Å². The lowest BCUT2D eigenvalue weighted by Crippen LogP contribution is -2.25. The molecule has 0 unspecified atom stereocenters. The highest BCUT2D eigenvalue weighted by atomic mass is 35.5. The van der Waals surface area contributed by atoms with Crippen LogP contribution < -0.4 is 4.73 Å². The first-order valence-corrected chi connectivity index (χ1v) is 9.80. The smallest absolute Gasteiger partial charge is 0.188 e. The van der Waals surface area contributed by atoms with Crippen LogP contribution >= 0.6 is 11.6 Å². The Morgan fingerprint density at radius 3 is 2.68 bits per heavy atom. The van der Waals surface area contributed by atoms with Gasteiger partial charge in [0.15, 0.2) is 18.0 Å². The fourth-order valence-corrected chi connectivity index (χ4v) is 3.73. The minimum Gasteiger partial charge on any atom is -0.619 e. The Labute approximate surface area is 181 Å². The van der Waals surface area contributed by atoms with Crippen molar-refractivity contribution in [3.05, 3.63) is 89.5 Å². The molecule has 8 heteroatoms. The van der Waals surface area contributed by atoms with Crippen molar-refractivity contribution in [2.24, 2.45) is 7.05 Å². The van der Waals surface area contributed by atoms with Crippen molar-refractivity contribution in [3.63, 3.8) is 0 Å². The molecule has 4 heterocycles. The monoisotopic (exact) mass is 431 g/mol. The summed E-state index contributed by atoms with van der Waals surface area (Å²) in [5.41, 5.74) is 3.98. The number of rotatable bonds is 3. The molecule has 31 heavy (non-hydrogen) atoms. The van der Waals surface area contributed by atoms with Crippen LogP contribution in [0.4, 0.5) is 4.39 Å². The van der Waals surface area contributed by atoms with Gasteiger partial charge in [0.05, 0.1) is 17.5 Å². The second kappa shape index (κ2) is 7.45. The molecule has 5 rings (SSSR count). The molecule has 0 amide bonds. The number of hydrogen-bond donors (Lipinski definition) is 0. The third-order valence-corrected chi connectivity index (χ3v) is 5.22. The summed E-state index contributed by atoms with van der Waals surface area (Å²) >= 11 is 6.09. The van der Waals surface area contributed by atoms with Crippen LogP contribution in [0, 0.1) is 11.0 Å². The van der Waals surface area contributed by atoms with Gasteiger partial charge in [-0.1, -0.05) is 11.6 Å². The predicted octanol–water partition coefficient (Wildman–Crippen LogP) is 4.79. The molecule has 0 radical (unpaired) electrons. The number of aryl methyl sites for hydroxylation is 1. The molecule has 1 aromatic carbocycles. The Morgan fingerprint density at radius 2 is 1.87 bits per heavy atom. The number of aromatic nitrogens is 5. The number of pyridine rings is 3. The van der Waals surface area contributed by atoms with Gasteiger partial charge in [-0.3, -0.25) is 4.68 Å². The van der Waals surface area contributed by atoms with Gasteiger partial charge in [0.2, 0.25) is 0 Å². The Bertz CT molecular complexity index is 1450. The highest BCUT2D eigenvalue weighted by molar-refractivity contribution is 6.30. The van der Waals surface area contributed by atoms with Crippen molar-refractivity contribution >= 4 is 22.6 Å². The first kappa shape index (κ1) is 19.1. The summed E-state index contributed by atoms with van der Waals surface area (Å²) in [7, 11) is 1.81. The maximum atomic E-state index is 14.6. The van der Waals surface area contributed by atoms with Crippen molar-refractivity contribution in [1.29, 1.82) is 0 Å². The largest absolute Gasteiger partial charge is 0.619 e. The number of halogens is 2. The highest BCUT2D eigenvalue weighted by Crippen LogP contribution is 2.34. The van der Waals surface area contributed by atoms with E-state index in [1.165, 1.54) is 30.6 Å². The molecule has 0 spiro atoms. The average Bonchev–Trinajstić information content (AvgIpc) is 3.20. The fraction of sp³-hybridized carbons (Fsp3) is 0.0435. The maximum Gasteiger partial charge on any atom is 0.188 e. The van der Waals surface area contributed by atoms with E-state index in [2.05, 4.69) is 15.1 Å². The Balaban J connectivity index is 1.77. The summed E-state index contributed by atoms with van der Waals surface area (Å²) in [5.74, 6) is -0.443. The summed E-state index contributed by atoms with van der Waals surface area (Å²) in [5, 5.41) is 17.8. The van der Waals surface area contributed by atoms with Gasteiger partial charge in [-0.2, -0.15) is 9.83 Å². The molecule has 0 fully saturated rings. The topological polar surface area (TPSA) is 70.5 Å². The molecule has 0 aliphatic carbocycles. The van der Waals surface area contributed by atoms with Gasteiger partial charge >= 0.3 is 0 Å². The summed E-state index contributed by atoms with van der Waals surface area (Å²) in [6.45, 7) is 0. The molecular formula is C23H15ClFN5O. The van der Waals surface area contributed by atoms with Gasteiger partial charge in [0.1, 0.15) is 5.82 Å². The molecule has 4 aromatic heterocycles. The highest BCUT2D eigenvalue weighted by Gasteiger charge is 2.16. The van der Waals surface area contributed by atoms with Crippen molar-refractivity contribution in [3.8, 4) is 33.5 Å². The zero-order chi connectivity index (χ0) is 21.5. The molecule has 0 aliphatic heterocycles. The van der Waals surface area contributed by atoms with E-state index in [4.69, 9.17) is 11.6 Å². The van der Waals surface area contributed by atoms with E-state index in [1.807, 2.05) is 25.4 Å². The van der Waals surface area contributed by atoms with Crippen molar-refractivity contribution < 1.29 is 9.12 Å². The summed E-state index contributed by atoms with van der Waals surface area (Å²) < 4.78 is 17.0. The molecule has 152 valence electrons. The first-order chi connectivity index (χ1) is 15.0. The molecule has 0 bridgehead atoms. The van der Waals surface area contributed by atoms with E-state index < -0.39 is 5.82 Å². The number of benzene rings is 1. The van der Waals surface area contributed by atoms with Gasteiger partial charge in [0.25, 0.3) is 0 Å². The molecule has 6 nitrogen and oxygen atoms in total. The second-order valence-electron chi connectivity index (χ2n) is 7.13. The SMILES string of the molecule is Cn1cc(-c2cc(-c3cc(-c4cc(Cl)ccc4F)nc4ncccc34)c[n+]([O-])c2)cn1. The van der Waals surface area contributed by atoms with Crippen LogP contribution in [0.15, 0.2) is 73.4 Å². The lowest BCUT2D eigenvalue weighted by atomic mass is 9.99. The standard InChI is InChI=1S/C23H15ClFN5O/c1-29-11-16(10-27-29)14-7-15(13-30(31)12-14)19-9-22(20-8-17(24)4-5-21(20)25)28-23-18(19)3-2-6-26-23/h2-13H,1H3. The Hall–Kier alpha value is -3.84. The minimum absolute atomic E-state index is 0.264. The van der Waals surface area contributed by atoms with Gasteiger partial charge in [0, 0.05) is 52.1 Å². The average molecular weight is 432 g/mol. The Kier molecular flexibility index (Phi) is 4.60. The van der Waals surface area contributed by atoms with E-state index in [1.54, 1.807) is 29.2 Å². The maximum absolute atomic E-state index is 14.6. The third kappa shape index (κ3) is 3.60. The van der Waals surface area contributed by atoms with E-state index in [0.717, 1.165) is 15.7 Å². The first-order valence-electron chi connectivity index (χ1n) is 9.42. The summed E-state index contributed by atoms with van der Waals surface area (Å²) in [6, 6.07) is 11.6. The van der Waals surface area contributed by atoms with E-state index >= 15 is 0 Å². The van der Waals surface area contributed by atoms with Crippen LogP contribution in [-0.2, 0) is 7.05 Å². The number of fused-ring (bicyclic) bond motifs is 1. The van der Waals surface area contributed by atoms with E-state index in [9.17, 15) is 9.60 Å². The molecule has 5 aromatic rings. The molecule has 0 saturated heterocycles. The van der Waals surface area contributed by atoms with Crippen molar-refractivity contribution in [2.45, 2.75) is 0 Å². The fourth-order valence-electron chi connectivity index (χ4n) is 3.56.